The maximum absolute atomic E-state index is 13.1. The van der Waals surface area contributed by atoms with Crippen LogP contribution in [0.5, 0.6) is 0 Å². The van der Waals surface area contributed by atoms with E-state index >= 15 is 0 Å². The predicted molar refractivity (Wildman–Crippen MR) is 107 cm³/mol. The largest absolute Gasteiger partial charge is 0.337 e. The number of nitrogens with zero attached hydrogens (tertiary/aromatic N) is 2. The highest BCUT2D eigenvalue weighted by atomic mass is 19.1. The molecule has 1 fully saturated rings. The van der Waals surface area contributed by atoms with Gasteiger partial charge >= 0.3 is 0 Å². The fourth-order valence-corrected chi connectivity index (χ4v) is 3.68. The first-order chi connectivity index (χ1) is 13.6. The molecular formula is C23H21FN2O2. The lowest BCUT2D eigenvalue weighted by Crippen LogP contribution is -2.37. The minimum atomic E-state index is -0.362. The molecule has 1 saturated heterocycles. The highest BCUT2D eigenvalue weighted by Crippen LogP contribution is 2.21. The molecule has 28 heavy (non-hydrogen) atoms. The molecule has 0 atom stereocenters. The Kier molecular flexibility index (Phi) is 5.06. The van der Waals surface area contributed by atoms with Gasteiger partial charge in [-0.05, 0) is 47.5 Å². The van der Waals surface area contributed by atoms with Crippen LogP contribution in [0, 0.1) is 5.82 Å². The summed E-state index contributed by atoms with van der Waals surface area (Å²) in [5.41, 5.74) is 1.16. The molecule has 4 nitrogen and oxygen atoms in total. The van der Waals surface area contributed by atoms with E-state index in [0.717, 1.165) is 10.8 Å². The fourth-order valence-electron chi connectivity index (χ4n) is 3.68. The number of amides is 2. The number of carbonyl (C=O) groups is 2. The van der Waals surface area contributed by atoms with E-state index in [1.165, 1.54) is 24.3 Å². The van der Waals surface area contributed by atoms with Crippen LogP contribution in [0.15, 0.2) is 66.7 Å². The number of rotatable bonds is 2. The summed E-state index contributed by atoms with van der Waals surface area (Å²) < 4.78 is 13.1. The molecule has 0 saturated carbocycles. The Morgan fingerprint density at radius 1 is 0.714 bits per heavy atom. The average molecular weight is 376 g/mol. The van der Waals surface area contributed by atoms with Gasteiger partial charge in [0.15, 0.2) is 0 Å². The highest BCUT2D eigenvalue weighted by molar-refractivity contribution is 6.07. The zero-order chi connectivity index (χ0) is 19.5. The van der Waals surface area contributed by atoms with Crippen LogP contribution >= 0.6 is 0 Å². The van der Waals surface area contributed by atoms with Crippen molar-refractivity contribution < 1.29 is 14.0 Å². The normalized spacial score (nSPS) is 14.8. The first kappa shape index (κ1) is 18.2. The molecule has 0 aliphatic carbocycles. The predicted octanol–water partition coefficient (Wildman–Crippen LogP) is 3.97. The van der Waals surface area contributed by atoms with Crippen molar-refractivity contribution in [1.29, 1.82) is 0 Å². The summed E-state index contributed by atoms with van der Waals surface area (Å²) in [7, 11) is 0. The zero-order valence-electron chi connectivity index (χ0n) is 15.5. The summed E-state index contributed by atoms with van der Waals surface area (Å²) in [6.45, 7) is 2.13. The molecule has 0 spiro atoms. The number of hydrogen-bond acceptors (Lipinski definition) is 2. The molecule has 0 unspecified atom stereocenters. The number of carbonyl (C=O) groups excluding carboxylic acids is 2. The smallest absolute Gasteiger partial charge is 0.254 e. The Morgan fingerprint density at radius 2 is 1.36 bits per heavy atom. The third kappa shape index (κ3) is 3.60. The maximum atomic E-state index is 13.1. The molecule has 3 aromatic rings. The second-order valence-electron chi connectivity index (χ2n) is 6.97. The summed E-state index contributed by atoms with van der Waals surface area (Å²) in [5.74, 6) is -0.494. The SMILES string of the molecule is O=C(c1ccc(F)cc1)N1CCCN(C(=O)c2cccc3ccccc23)CC1. The molecule has 0 aromatic heterocycles. The first-order valence-corrected chi connectivity index (χ1v) is 9.45. The third-order valence-electron chi connectivity index (χ3n) is 5.18. The lowest BCUT2D eigenvalue weighted by Gasteiger charge is -2.23. The maximum Gasteiger partial charge on any atom is 0.254 e. The van der Waals surface area contributed by atoms with Crippen LogP contribution in [0.25, 0.3) is 10.8 Å². The minimum Gasteiger partial charge on any atom is -0.337 e. The van der Waals surface area contributed by atoms with Crippen molar-refractivity contribution in [3.63, 3.8) is 0 Å². The van der Waals surface area contributed by atoms with Gasteiger partial charge in [0.05, 0.1) is 0 Å². The van der Waals surface area contributed by atoms with Crippen LogP contribution in [0.2, 0.25) is 0 Å². The highest BCUT2D eigenvalue weighted by Gasteiger charge is 2.24. The van der Waals surface area contributed by atoms with Crippen molar-refractivity contribution >= 4 is 22.6 Å². The lowest BCUT2D eigenvalue weighted by molar-refractivity contribution is 0.0719. The zero-order valence-corrected chi connectivity index (χ0v) is 15.5. The molecule has 4 rings (SSSR count). The monoisotopic (exact) mass is 376 g/mol. The molecule has 142 valence electrons. The summed E-state index contributed by atoms with van der Waals surface area (Å²) >= 11 is 0. The average Bonchev–Trinajstić information content (AvgIpc) is 2.99. The summed E-state index contributed by atoms with van der Waals surface area (Å²) in [4.78, 5) is 29.4. The molecule has 0 bridgehead atoms. The van der Waals surface area contributed by atoms with E-state index in [-0.39, 0.29) is 17.6 Å². The van der Waals surface area contributed by atoms with Crippen LogP contribution in [-0.4, -0.2) is 47.8 Å². The van der Waals surface area contributed by atoms with Crippen molar-refractivity contribution in [1.82, 2.24) is 9.80 Å². The molecule has 1 heterocycles. The van der Waals surface area contributed by atoms with Crippen molar-refractivity contribution in [3.05, 3.63) is 83.7 Å². The third-order valence-corrected chi connectivity index (χ3v) is 5.18. The topological polar surface area (TPSA) is 40.6 Å². The van der Waals surface area contributed by atoms with E-state index < -0.39 is 0 Å². The van der Waals surface area contributed by atoms with E-state index in [4.69, 9.17) is 0 Å². The molecular weight excluding hydrogens is 355 g/mol. The second-order valence-corrected chi connectivity index (χ2v) is 6.97. The Bertz CT molecular complexity index is 1010. The number of hydrogen-bond donors (Lipinski definition) is 0. The summed E-state index contributed by atoms with van der Waals surface area (Å²) in [6.07, 6.45) is 0.712. The van der Waals surface area contributed by atoms with Crippen molar-refractivity contribution in [2.75, 3.05) is 26.2 Å². The van der Waals surface area contributed by atoms with Gasteiger partial charge in [0, 0.05) is 37.3 Å². The molecule has 5 heteroatoms. The minimum absolute atomic E-state index is 0.00659. The van der Waals surface area contributed by atoms with E-state index in [2.05, 4.69) is 0 Å². The number of halogens is 1. The Morgan fingerprint density at radius 3 is 2.11 bits per heavy atom. The van der Waals surface area contributed by atoms with Crippen molar-refractivity contribution in [2.24, 2.45) is 0 Å². The van der Waals surface area contributed by atoms with Gasteiger partial charge in [0.1, 0.15) is 5.82 Å². The van der Waals surface area contributed by atoms with Gasteiger partial charge in [-0.1, -0.05) is 36.4 Å². The number of fused-ring (bicyclic) bond motifs is 1. The van der Waals surface area contributed by atoms with Crippen LogP contribution in [0.3, 0.4) is 0 Å². The standard InChI is InChI=1S/C23H21FN2O2/c24-19-11-9-18(10-12-19)22(27)25-13-4-14-26(16-15-25)23(28)21-8-3-6-17-5-1-2-7-20(17)21/h1-3,5-12H,4,13-16H2. The lowest BCUT2D eigenvalue weighted by atomic mass is 10.0. The van der Waals surface area contributed by atoms with Crippen LogP contribution in [0.1, 0.15) is 27.1 Å². The van der Waals surface area contributed by atoms with Gasteiger partial charge in [0.2, 0.25) is 0 Å². The Hall–Kier alpha value is -3.21. The van der Waals surface area contributed by atoms with Crippen LogP contribution < -0.4 is 0 Å². The van der Waals surface area contributed by atoms with E-state index in [1.54, 1.807) is 4.90 Å². The van der Waals surface area contributed by atoms with Gasteiger partial charge in [-0.25, -0.2) is 4.39 Å². The molecule has 0 N–H and O–H groups in total. The Balaban J connectivity index is 1.50. The van der Waals surface area contributed by atoms with Gasteiger partial charge in [-0.15, -0.1) is 0 Å². The Labute approximate surface area is 163 Å². The van der Waals surface area contributed by atoms with Crippen LogP contribution in [-0.2, 0) is 0 Å². The van der Waals surface area contributed by atoms with Crippen molar-refractivity contribution in [2.45, 2.75) is 6.42 Å². The van der Waals surface area contributed by atoms with Gasteiger partial charge in [-0.3, -0.25) is 9.59 Å². The van der Waals surface area contributed by atoms with Crippen LogP contribution in [0.4, 0.5) is 4.39 Å². The van der Waals surface area contributed by atoms with Crippen molar-refractivity contribution in [3.8, 4) is 0 Å². The van der Waals surface area contributed by atoms with E-state index in [9.17, 15) is 14.0 Å². The van der Waals surface area contributed by atoms with E-state index in [1.807, 2.05) is 47.4 Å². The van der Waals surface area contributed by atoms with Gasteiger partial charge in [0.25, 0.3) is 11.8 Å². The van der Waals surface area contributed by atoms with Gasteiger partial charge in [-0.2, -0.15) is 0 Å². The first-order valence-electron chi connectivity index (χ1n) is 9.45. The van der Waals surface area contributed by atoms with E-state index in [0.29, 0.717) is 43.7 Å². The summed E-state index contributed by atoms with van der Waals surface area (Å²) in [5, 5.41) is 1.98. The molecule has 3 aromatic carbocycles. The fraction of sp³-hybridized carbons (Fsp3) is 0.217. The second kappa shape index (κ2) is 7.80. The quantitative estimate of drug-likeness (QED) is 0.679. The molecule has 0 radical (unpaired) electrons. The molecule has 1 aliphatic rings. The molecule has 2 amide bonds. The summed E-state index contributed by atoms with van der Waals surface area (Å²) in [6, 6.07) is 19.2. The number of benzene rings is 3. The van der Waals surface area contributed by atoms with Gasteiger partial charge < -0.3 is 9.80 Å². The molecule has 1 aliphatic heterocycles.